The molecule has 1 aromatic rings. The van der Waals surface area contributed by atoms with Crippen LogP contribution in [0.15, 0.2) is 24.3 Å². The fourth-order valence-electron chi connectivity index (χ4n) is 1.91. The maximum absolute atomic E-state index is 8.87. The van der Waals surface area contributed by atoms with Crippen molar-refractivity contribution in [2.75, 3.05) is 26.4 Å². The van der Waals surface area contributed by atoms with Crippen LogP contribution in [0.3, 0.4) is 0 Å². The fraction of sp³-hybridized carbons (Fsp3) is 0.571. The first-order valence-electron chi connectivity index (χ1n) is 6.13. The van der Waals surface area contributed by atoms with Gasteiger partial charge in [-0.1, -0.05) is 25.1 Å². The van der Waals surface area contributed by atoms with E-state index in [-0.39, 0.29) is 12.0 Å². The van der Waals surface area contributed by atoms with Crippen LogP contribution in [0.1, 0.15) is 18.9 Å². The monoisotopic (exact) mass is 236 g/mol. The van der Waals surface area contributed by atoms with Crippen LogP contribution in [-0.4, -0.2) is 31.5 Å². The second kappa shape index (κ2) is 5.52. The van der Waals surface area contributed by atoms with Crippen LogP contribution in [0.2, 0.25) is 0 Å². The zero-order valence-electron chi connectivity index (χ0n) is 10.3. The Hall–Kier alpha value is -1.06. The molecule has 1 aliphatic heterocycles. The van der Waals surface area contributed by atoms with Crippen LogP contribution in [0.5, 0.6) is 5.75 Å². The van der Waals surface area contributed by atoms with E-state index in [1.54, 1.807) is 0 Å². The summed E-state index contributed by atoms with van der Waals surface area (Å²) in [5, 5.41) is 8.87. The highest BCUT2D eigenvalue weighted by atomic mass is 16.5. The molecule has 0 unspecified atom stereocenters. The predicted octanol–water partition coefficient (Wildman–Crippen LogP) is 2.03. The SMILES string of the molecule is CC1(COc2ccccc2CCCO)COC1. The molecule has 0 spiro atoms. The van der Waals surface area contributed by atoms with Gasteiger partial charge in [0.2, 0.25) is 0 Å². The topological polar surface area (TPSA) is 38.7 Å². The second-order valence-electron chi connectivity index (χ2n) is 5.03. The van der Waals surface area contributed by atoms with Gasteiger partial charge in [0.1, 0.15) is 5.75 Å². The number of hydrogen-bond donors (Lipinski definition) is 1. The molecule has 0 radical (unpaired) electrons. The molecule has 3 nitrogen and oxygen atoms in total. The minimum absolute atomic E-state index is 0.171. The first-order chi connectivity index (χ1) is 8.23. The van der Waals surface area contributed by atoms with Crippen molar-refractivity contribution in [1.82, 2.24) is 0 Å². The van der Waals surface area contributed by atoms with Crippen LogP contribution in [0, 0.1) is 5.41 Å². The Morgan fingerprint density at radius 3 is 2.76 bits per heavy atom. The Balaban J connectivity index is 1.94. The van der Waals surface area contributed by atoms with E-state index in [0.717, 1.165) is 31.8 Å². The molecule has 1 N–H and O–H groups in total. The summed E-state index contributed by atoms with van der Waals surface area (Å²) in [6.45, 7) is 4.66. The zero-order valence-corrected chi connectivity index (χ0v) is 10.3. The molecule has 0 bridgehead atoms. The van der Waals surface area contributed by atoms with E-state index < -0.39 is 0 Å². The van der Waals surface area contributed by atoms with Crippen LogP contribution in [0.4, 0.5) is 0 Å². The van der Waals surface area contributed by atoms with E-state index in [1.165, 1.54) is 5.56 Å². The van der Waals surface area contributed by atoms with Crippen molar-refractivity contribution in [3.63, 3.8) is 0 Å². The van der Waals surface area contributed by atoms with Gasteiger partial charge in [0.05, 0.1) is 19.8 Å². The lowest BCUT2D eigenvalue weighted by atomic mass is 9.90. The van der Waals surface area contributed by atoms with Gasteiger partial charge in [-0.05, 0) is 24.5 Å². The highest BCUT2D eigenvalue weighted by Gasteiger charge is 2.34. The van der Waals surface area contributed by atoms with Crippen molar-refractivity contribution in [3.05, 3.63) is 29.8 Å². The number of benzene rings is 1. The third-order valence-corrected chi connectivity index (χ3v) is 3.05. The molecular formula is C14H20O3. The summed E-state index contributed by atoms with van der Waals surface area (Å²) >= 11 is 0. The van der Waals surface area contributed by atoms with Gasteiger partial charge in [-0.3, -0.25) is 0 Å². The summed E-state index contributed by atoms with van der Waals surface area (Å²) in [6, 6.07) is 8.05. The Labute approximate surface area is 102 Å². The van der Waals surface area contributed by atoms with E-state index in [9.17, 15) is 0 Å². The molecule has 1 saturated heterocycles. The summed E-state index contributed by atoms with van der Waals surface area (Å²) in [6.07, 6.45) is 1.64. The third-order valence-electron chi connectivity index (χ3n) is 3.05. The first kappa shape index (κ1) is 12.4. The molecule has 1 heterocycles. The highest BCUT2D eigenvalue weighted by Crippen LogP contribution is 2.28. The molecule has 0 saturated carbocycles. The smallest absolute Gasteiger partial charge is 0.122 e. The molecule has 17 heavy (non-hydrogen) atoms. The Morgan fingerprint density at radius 1 is 1.35 bits per heavy atom. The van der Waals surface area contributed by atoms with Crippen molar-refractivity contribution in [2.24, 2.45) is 5.41 Å². The molecule has 0 aliphatic carbocycles. The molecule has 0 amide bonds. The lowest BCUT2D eigenvalue weighted by molar-refractivity contribution is -0.120. The van der Waals surface area contributed by atoms with Gasteiger partial charge in [0.25, 0.3) is 0 Å². The molecule has 1 aromatic carbocycles. The minimum atomic E-state index is 0.171. The van der Waals surface area contributed by atoms with Crippen LogP contribution < -0.4 is 4.74 Å². The molecule has 1 fully saturated rings. The van der Waals surface area contributed by atoms with E-state index in [0.29, 0.717) is 6.61 Å². The summed E-state index contributed by atoms with van der Waals surface area (Å²) < 4.78 is 11.1. The number of aliphatic hydroxyl groups excluding tert-OH is 1. The van der Waals surface area contributed by atoms with E-state index in [2.05, 4.69) is 13.0 Å². The summed E-state index contributed by atoms with van der Waals surface area (Å²) in [5.41, 5.74) is 1.34. The van der Waals surface area contributed by atoms with E-state index >= 15 is 0 Å². The van der Waals surface area contributed by atoms with Gasteiger partial charge < -0.3 is 14.6 Å². The summed E-state index contributed by atoms with van der Waals surface area (Å²) in [4.78, 5) is 0. The van der Waals surface area contributed by atoms with Crippen LogP contribution in [0.25, 0.3) is 0 Å². The Kier molecular flexibility index (Phi) is 4.02. The molecule has 0 atom stereocenters. The van der Waals surface area contributed by atoms with E-state index in [4.69, 9.17) is 14.6 Å². The van der Waals surface area contributed by atoms with Gasteiger partial charge in [-0.25, -0.2) is 0 Å². The Bertz CT molecular complexity index is 358. The van der Waals surface area contributed by atoms with Gasteiger partial charge in [-0.15, -0.1) is 0 Å². The molecule has 0 aromatic heterocycles. The largest absolute Gasteiger partial charge is 0.493 e. The van der Waals surface area contributed by atoms with Gasteiger partial charge in [0.15, 0.2) is 0 Å². The summed E-state index contributed by atoms with van der Waals surface area (Å²) in [5.74, 6) is 0.939. The van der Waals surface area contributed by atoms with Gasteiger partial charge >= 0.3 is 0 Å². The molecule has 94 valence electrons. The number of aliphatic hydroxyl groups is 1. The number of aryl methyl sites for hydroxylation is 1. The standard InChI is InChI=1S/C14H20O3/c1-14(9-16-10-14)11-17-13-7-3-2-5-12(13)6-4-8-15/h2-3,5,7,15H,4,6,8-11H2,1H3. The van der Waals surface area contributed by atoms with E-state index in [1.807, 2.05) is 18.2 Å². The average molecular weight is 236 g/mol. The maximum Gasteiger partial charge on any atom is 0.122 e. The first-order valence-corrected chi connectivity index (χ1v) is 6.13. The minimum Gasteiger partial charge on any atom is -0.493 e. The highest BCUT2D eigenvalue weighted by molar-refractivity contribution is 5.33. The number of rotatable bonds is 6. The number of hydrogen-bond acceptors (Lipinski definition) is 3. The maximum atomic E-state index is 8.87. The lowest BCUT2D eigenvalue weighted by Crippen LogP contribution is -2.44. The van der Waals surface area contributed by atoms with Crippen LogP contribution in [-0.2, 0) is 11.2 Å². The summed E-state index contributed by atoms with van der Waals surface area (Å²) in [7, 11) is 0. The molecule has 2 rings (SSSR count). The number of para-hydroxylation sites is 1. The van der Waals surface area contributed by atoms with Crippen molar-refractivity contribution < 1.29 is 14.6 Å². The predicted molar refractivity (Wildman–Crippen MR) is 66.3 cm³/mol. The van der Waals surface area contributed by atoms with Crippen molar-refractivity contribution >= 4 is 0 Å². The van der Waals surface area contributed by atoms with Gasteiger partial charge in [-0.2, -0.15) is 0 Å². The van der Waals surface area contributed by atoms with Crippen LogP contribution >= 0.6 is 0 Å². The quantitative estimate of drug-likeness (QED) is 0.821. The molecular weight excluding hydrogens is 216 g/mol. The zero-order chi connectivity index (χ0) is 12.1. The second-order valence-corrected chi connectivity index (χ2v) is 5.03. The molecule has 3 heteroatoms. The normalized spacial score (nSPS) is 17.5. The molecule has 1 aliphatic rings. The lowest BCUT2D eigenvalue weighted by Gasteiger charge is -2.37. The average Bonchev–Trinajstić information content (AvgIpc) is 2.32. The Morgan fingerprint density at radius 2 is 2.12 bits per heavy atom. The van der Waals surface area contributed by atoms with Crippen molar-refractivity contribution in [3.8, 4) is 5.75 Å². The van der Waals surface area contributed by atoms with Crippen molar-refractivity contribution in [2.45, 2.75) is 19.8 Å². The van der Waals surface area contributed by atoms with Gasteiger partial charge in [0, 0.05) is 12.0 Å². The number of ether oxygens (including phenoxy) is 2. The third kappa shape index (κ3) is 3.20. The fourth-order valence-corrected chi connectivity index (χ4v) is 1.91. The van der Waals surface area contributed by atoms with Crippen molar-refractivity contribution in [1.29, 1.82) is 0 Å².